The first kappa shape index (κ1) is 18.7. The lowest BCUT2D eigenvalue weighted by Crippen LogP contribution is -2.10. The maximum absolute atomic E-state index is 12.2. The second kappa shape index (κ2) is 9.05. The van der Waals surface area contributed by atoms with E-state index in [2.05, 4.69) is 15.3 Å². The number of anilines is 2. The van der Waals surface area contributed by atoms with E-state index in [1.807, 2.05) is 30.3 Å². The zero-order valence-electron chi connectivity index (χ0n) is 14.8. The number of hydrogen-bond acceptors (Lipinski definition) is 7. The van der Waals surface area contributed by atoms with Crippen LogP contribution in [-0.4, -0.2) is 27.7 Å². The first-order chi connectivity index (χ1) is 13.2. The van der Waals surface area contributed by atoms with Crippen molar-refractivity contribution >= 4 is 29.2 Å². The molecule has 0 unspecified atom stereocenters. The highest BCUT2D eigenvalue weighted by atomic mass is 32.2. The van der Waals surface area contributed by atoms with Gasteiger partial charge in [-0.2, -0.15) is 0 Å². The van der Waals surface area contributed by atoms with Crippen molar-refractivity contribution in [3.8, 4) is 5.75 Å². The van der Waals surface area contributed by atoms with Gasteiger partial charge in [0.1, 0.15) is 17.1 Å². The maximum atomic E-state index is 12.2. The Kier molecular flexibility index (Phi) is 6.27. The van der Waals surface area contributed by atoms with Crippen molar-refractivity contribution < 1.29 is 14.6 Å². The summed E-state index contributed by atoms with van der Waals surface area (Å²) in [6, 6.07) is 16.6. The van der Waals surface area contributed by atoms with Gasteiger partial charge in [0.25, 0.3) is 0 Å². The zero-order chi connectivity index (χ0) is 19.1. The molecule has 0 aliphatic carbocycles. The normalized spacial score (nSPS) is 10.4. The molecule has 0 spiro atoms. The molecule has 1 aromatic heterocycles. The minimum absolute atomic E-state index is 0.116. The van der Waals surface area contributed by atoms with Gasteiger partial charge in [0, 0.05) is 23.7 Å². The van der Waals surface area contributed by atoms with Gasteiger partial charge in [0.2, 0.25) is 0 Å². The molecule has 0 bridgehead atoms. The van der Waals surface area contributed by atoms with Crippen LogP contribution in [0.15, 0.2) is 66.0 Å². The first-order valence-corrected chi connectivity index (χ1v) is 9.41. The van der Waals surface area contributed by atoms with E-state index in [1.165, 1.54) is 18.0 Å². The molecule has 3 rings (SSSR count). The van der Waals surface area contributed by atoms with Crippen molar-refractivity contribution in [3.05, 3.63) is 71.9 Å². The molecular weight excluding hydrogens is 362 g/mol. The number of ether oxygens (including phenoxy) is 1. The van der Waals surface area contributed by atoms with E-state index >= 15 is 0 Å². The molecule has 0 atom stereocenters. The standard InChI is InChI=1S/C20H19N3O3S/c1-2-26-19(25)17-12-21-20(27-13-14-7-4-3-5-8-14)23-18(17)22-15-9-6-10-16(24)11-15/h3-12,24H,2,13H2,1H3,(H,21,22,23). The van der Waals surface area contributed by atoms with Gasteiger partial charge in [0.15, 0.2) is 5.16 Å². The first-order valence-electron chi connectivity index (χ1n) is 8.42. The number of nitrogens with one attached hydrogen (secondary N) is 1. The van der Waals surface area contributed by atoms with Gasteiger partial charge in [0.05, 0.1) is 6.61 Å². The number of phenolic OH excluding ortho intramolecular Hbond substituents is 1. The average molecular weight is 381 g/mol. The summed E-state index contributed by atoms with van der Waals surface area (Å²) in [5.74, 6) is 0.667. The number of rotatable bonds is 7. The molecule has 7 heteroatoms. The minimum Gasteiger partial charge on any atom is -0.508 e. The Morgan fingerprint density at radius 1 is 1.19 bits per heavy atom. The summed E-state index contributed by atoms with van der Waals surface area (Å²) in [5, 5.41) is 13.3. The average Bonchev–Trinajstić information content (AvgIpc) is 2.67. The van der Waals surface area contributed by atoms with Crippen LogP contribution in [0.1, 0.15) is 22.8 Å². The van der Waals surface area contributed by atoms with Crippen LogP contribution in [0.4, 0.5) is 11.5 Å². The summed E-state index contributed by atoms with van der Waals surface area (Å²) in [4.78, 5) is 21.0. The van der Waals surface area contributed by atoms with Gasteiger partial charge < -0.3 is 15.2 Å². The molecule has 0 aliphatic heterocycles. The van der Waals surface area contributed by atoms with Crippen molar-refractivity contribution in [2.75, 3.05) is 11.9 Å². The van der Waals surface area contributed by atoms with E-state index in [9.17, 15) is 9.90 Å². The van der Waals surface area contributed by atoms with Crippen molar-refractivity contribution in [1.29, 1.82) is 0 Å². The molecule has 2 aromatic carbocycles. The van der Waals surface area contributed by atoms with Gasteiger partial charge >= 0.3 is 5.97 Å². The number of phenols is 1. The lowest BCUT2D eigenvalue weighted by atomic mass is 10.2. The fraction of sp³-hybridized carbons (Fsp3) is 0.150. The molecule has 6 nitrogen and oxygen atoms in total. The smallest absolute Gasteiger partial charge is 0.343 e. The number of thioether (sulfide) groups is 1. The zero-order valence-corrected chi connectivity index (χ0v) is 15.6. The van der Waals surface area contributed by atoms with Crippen LogP contribution in [0.2, 0.25) is 0 Å². The Labute approximate surface area is 161 Å². The fourth-order valence-electron chi connectivity index (χ4n) is 2.33. The number of aromatic hydroxyl groups is 1. The van der Waals surface area contributed by atoms with E-state index in [0.717, 1.165) is 5.56 Å². The molecular formula is C20H19N3O3S. The second-order valence-electron chi connectivity index (χ2n) is 5.58. The number of benzene rings is 2. The third-order valence-corrected chi connectivity index (χ3v) is 4.51. The van der Waals surface area contributed by atoms with E-state index in [0.29, 0.717) is 22.4 Å². The van der Waals surface area contributed by atoms with Crippen molar-refractivity contribution in [2.45, 2.75) is 17.8 Å². The van der Waals surface area contributed by atoms with Gasteiger partial charge in [-0.25, -0.2) is 14.8 Å². The predicted octanol–water partition coefficient (Wildman–Crippen LogP) is 4.39. The van der Waals surface area contributed by atoms with Gasteiger partial charge in [-0.3, -0.25) is 0 Å². The quantitative estimate of drug-likeness (QED) is 0.356. The fourth-order valence-corrected chi connectivity index (χ4v) is 3.10. The summed E-state index contributed by atoms with van der Waals surface area (Å²) in [6.45, 7) is 2.00. The second-order valence-corrected chi connectivity index (χ2v) is 6.53. The molecule has 0 radical (unpaired) electrons. The summed E-state index contributed by atoms with van der Waals surface area (Å²) in [5.41, 5.74) is 2.01. The topological polar surface area (TPSA) is 84.3 Å². The maximum Gasteiger partial charge on any atom is 0.343 e. The van der Waals surface area contributed by atoms with E-state index in [4.69, 9.17) is 4.74 Å². The number of nitrogens with zero attached hydrogens (tertiary/aromatic N) is 2. The molecule has 138 valence electrons. The van der Waals surface area contributed by atoms with Crippen LogP contribution in [0.25, 0.3) is 0 Å². The number of carbonyl (C=O) groups excluding carboxylic acids is 1. The van der Waals surface area contributed by atoms with Crippen molar-refractivity contribution in [1.82, 2.24) is 9.97 Å². The van der Waals surface area contributed by atoms with Crippen LogP contribution >= 0.6 is 11.8 Å². The lowest BCUT2D eigenvalue weighted by molar-refractivity contribution is 0.0526. The van der Waals surface area contributed by atoms with Gasteiger partial charge in [-0.15, -0.1) is 0 Å². The van der Waals surface area contributed by atoms with Gasteiger partial charge in [-0.05, 0) is 24.6 Å². The molecule has 2 N–H and O–H groups in total. The summed E-state index contributed by atoms with van der Waals surface area (Å²) in [7, 11) is 0. The Hall–Kier alpha value is -3.06. The summed E-state index contributed by atoms with van der Waals surface area (Å²) < 4.78 is 5.08. The molecule has 0 aliphatic rings. The van der Waals surface area contributed by atoms with Crippen LogP contribution in [0.5, 0.6) is 5.75 Å². The van der Waals surface area contributed by atoms with Crippen molar-refractivity contribution in [3.63, 3.8) is 0 Å². The number of hydrogen-bond donors (Lipinski definition) is 2. The number of carbonyl (C=O) groups is 1. The van der Waals surface area contributed by atoms with Crippen LogP contribution in [-0.2, 0) is 10.5 Å². The molecule has 0 saturated carbocycles. The SMILES string of the molecule is CCOC(=O)c1cnc(SCc2ccccc2)nc1Nc1cccc(O)c1. The molecule has 1 heterocycles. The highest BCUT2D eigenvalue weighted by molar-refractivity contribution is 7.98. The third kappa shape index (κ3) is 5.21. The molecule has 0 fully saturated rings. The molecule has 27 heavy (non-hydrogen) atoms. The van der Waals surface area contributed by atoms with E-state index < -0.39 is 5.97 Å². The molecule has 0 amide bonds. The van der Waals surface area contributed by atoms with Crippen LogP contribution < -0.4 is 5.32 Å². The summed E-state index contributed by atoms with van der Waals surface area (Å²) >= 11 is 1.47. The summed E-state index contributed by atoms with van der Waals surface area (Å²) in [6.07, 6.45) is 1.46. The molecule has 3 aromatic rings. The largest absolute Gasteiger partial charge is 0.508 e. The number of aromatic nitrogens is 2. The monoisotopic (exact) mass is 381 g/mol. The predicted molar refractivity (Wildman–Crippen MR) is 105 cm³/mol. The van der Waals surface area contributed by atoms with E-state index in [1.54, 1.807) is 31.2 Å². The number of esters is 1. The van der Waals surface area contributed by atoms with E-state index in [-0.39, 0.29) is 17.9 Å². The Bertz CT molecular complexity index is 919. The van der Waals surface area contributed by atoms with Crippen LogP contribution in [0, 0.1) is 0 Å². The lowest BCUT2D eigenvalue weighted by Gasteiger charge is -2.12. The Morgan fingerprint density at radius 3 is 2.74 bits per heavy atom. The van der Waals surface area contributed by atoms with Crippen LogP contribution in [0.3, 0.4) is 0 Å². The molecule has 0 saturated heterocycles. The van der Waals surface area contributed by atoms with Crippen molar-refractivity contribution in [2.24, 2.45) is 0 Å². The highest BCUT2D eigenvalue weighted by Gasteiger charge is 2.16. The Balaban J connectivity index is 1.85. The van der Waals surface area contributed by atoms with Gasteiger partial charge in [-0.1, -0.05) is 48.2 Å². The Morgan fingerprint density at radius 2 is 2.00 bits per heavy atom. The third-order valence-electron chi connectivity index (χ3n) is 3.58. The minimum atomic E-state index is -0.500. The highest BCUT2D eigenvalue weighted by Crippen LogP contribution is 2.26.